The first-order valence-corrected chi connectivity index (χ1v) is 10.3. The first-order chi connectivity index (χ1) is 15.2. The van der Waals surface area contributed by atoms with Crippen LogP contribution in [0, 0.1) is 11.3 Å². The zero-order valence-corrected chi connectivity index (χ0v) is 17.5. The highest BCUT2D eigenvalue weighted by molar-refractivity contribution is 5.91. The van der Waals surface area contributed by atoms with E-state index in [-0.39, 0.29) is 0 Å². The maximum absolute atomic E-state index is 12.4. The number of nitriles is 1. The van der Waals surface area contributed by atoms with Gasteiger partial charge in [-0.2, -0.15) is 5.26 Å². The van der Waals surface area contributed by atoms with Gasteiger partial charge in [0.15, 0.2) is 0 Å². The van der Waals surface area contributed by atoms with Gasteiger partial charge in [0.2, 0.25) is 0 Å². The quantitative estimate of drug-likeness (QED) is 0.184. The molecule has 3 aromatic rings. The van der Waals surface area contributed by atoms with Crippen LogP contribution in [0.15, 0.2) is 77.8 Å². The van der Waals surface area contributed by atoms with E-state index in [4.69, 9.17) is 14.7 Å². The molecule has 156 valence electrons. The summed E-state index contributed by atoms with van der Waals surface area (Å²) in [5.41, 5.74) is 2.69. The fraction of sp³-hybridized carbons (Fsp3) is 0.192. The van der Waals surface area contributed by atoms with Gasteiger partial charge in [-0.1, -0.05) is 19.8 Å². The molecule has 0 radical (unpaired) electrons. The van der Waals surface area contributed by atoms with Gasteiger partial charge < -0.3 is 9.47 Å². The molecule has 0 aliphatic carbocycles. The van der Waals surface area contributed by atoms with E-state index in [1.165, 1.54) is 0 Å². The third-order valence-corrected chi connectivity index (χ3v) is 4.56. The van der Waals surface area contributed by atoms with E-state index in [0.29, 0.717) is 23.5 Å². The Balaban J connectivity index is 1.53. The summed E-state index contributed by atoms with van der Waals surface area (Å²) >= 11 is 0. The van der Waals surface area contributed by atoms with E-state index in [0.717, 1.165) is 36.3 Å². The number of carbonyl (C=O) groups excluding carboxylic acids is 1. The summed E-state index contributed by atoms with van der Waals surface area (Å²) in [6, 6.07) is 23.2. The Bertz CT molecular complexity index is 1050. The highest BCUT2D eigenvalue weighted by atomic mass is 16.5. The molecule has 0 spiro atoms. The van der Waals surface area contributed by atoms with Crippen LogP contribution in [0.2, 0.25) is 0 Å². The van der Waals surface area contributed by atoms with Crippen molar-refractivity contribution in [2.75, 3.05) is 6.61 Å². The number of rotatable bonds is 9. The topological polar surface area (TPSA) is 71.7 Å². The minimum atomic E-state index is -0.420. The van der Waals surface area contributed by atoms with Crippen LogP contribution in [-0.2, 0) is 0 Å². The van der Waals surface area contributed by atoms with Gasteiger partial charge in [0, 0.05) is 6.21 Å². The Morgan fingerprint density at radius 1 is 0.935 bits per heavy atom. The highest BCUT2D eigenvalue weighted by Gasteiger charge is 2.09. The summed E-state index contributed by atoms with van der Waals surface area (Å²) in [5.74, 6) is 0.788. The molecule has 0 aromatic heterocycles. The van der Waals surface area contributed by atoms with Gasteiger partial charge in [-0.25, -0.2) is 4.79 Å². The maximum Gasteiger partial charge on any atom is 0.343 e. The number of hydrogen-bond acceptors (Lipinski definition) is 5. The Kier molecular flexibility index (Phi) is 7.96. The van der Waals surface area contributed by atoms with Crippen LogP contribution >= 0.6 is 0 Å². The second-order valence-electron chi connectivity index (χ2n) is 6.96. The molecule has 0 bridgehead atoms. The van der Waals surface area contributed by atoms with Crippen molar-refractivity contribution in [2.45, 2.75) is 26.2 Å². The first-order valence-electron chi connectivity index (χ1n) is 10.3. The molecule has 5 heteroatoms. The van der Waals surface area contributed by atoms with Crippen molar-refractivity contribution in [2.24, 2.45) is 4.99 Å². The molecule has 0 aliphatic heterocycles. The molecule has 3 rings (SSSR count). The van der Waals surface area contributed by atoms with Crippen molar-refractivity contribution in [3.63, 3.8) is 0 Å². The number of ether oxygens (including phenoxy) is 2. The van der Waals surface area contributed by atoms with Gasteiger partial charge in [-0.05, 0) is 84.8 Å². The van der Waals surface area contributed by atoms with Gasteiger partial charge in [0.1, 0.15) is 11.5 Å². The summed E-state index contributed by atoms with van der Waals surface area (Å²) in [4.78, 5) is 16.7. The molecule has 0 heterocycles. The summed E-state index contributed by atoms with van der Waals surface area (Å²) in [7, 11) is 0. The normalized spacial score (nSPS) is 10.6. The van der Waals surface area contributed by atoms with Crippen molar-refractivity contribution in [1.29, 1.82) is 5.26 Å². The molecule has 0 N–H and O–H groups in total. The standard InChI is InChI=1S/C26H24N2O3/c1-2-3-4-17-30-24-15-9-22(10-16-24)26(29)31-25-13-7-21(8-14-25)19-28-23-11-5-20(18-27)6-12-23/h5-16,19H,2-4,17H2,1H3. The lowest BCUT2D eigenvalue weighted by Crippen LogP contribution is -2.08. The van der Waals surface area contributed by atoms with E-state index in [1.54, 1.807) is 66.9 Å². The summed E-state index contributed by atoms with van der Waals surface area (Å²) in [5, 5.41) is 8.83. The van der Waals surface area contributed by atoms with Gasteiger partial charge >= 0.3 is 5.97 Å². The lowest BCUT2D eigenvalue weighted by Gasteiger charge is -2.07. The molecular formula is C26H24N2O3. The SMILES string of the molecule is CCCCCOc1ccc(C(=O)Oc2ccc(C=Nc3ccc(C#N)cc3)cc2)cc1. The van der Waals surface area contributed by atoms with Gasteiger partial charge in [-0.3, -0.25) is 4.99 Å². The van der Waals surface area contributed by atoms with Crippen LogP contribution in [0.3, 0.4) is 0 Å². The minimum absolute atomic E-state index is 0.420. The summed E-state index contributed by atoms with van der Waals surface area (Å²) < 4.78 is 11.1. The van der Waals surface area contributed by atoms with Gasteiger partial charge in [0.25, 0.3) is 0 Å². The molecule has 0 unspecified atom stereocenters. The van der Waals surface area contributed by atoms with Gasteiger partial charge in [-0.15, -0.1) is 0 Å². The monoisotopic (exact) mass is 412 g/mol. The number of esters is 1. The lowest BCUT2D eigenvalue weighted by atomic mass is 10.2. The molecule has 0 amide bonds. The van der Waals surface area contributed by atoms with Crippen molar-refractivity contribution in [3.8, 4) is 17.6 Å². The van der Waals surface area contributed by atoms with Crippen molar-refractivity contribution >= 4 is 17.9 Å². The smallest absolute Gasteiger partial charge is 0.343 e. The lowest BCUT2D eigenvalue weighted by molar-refractivity contribution is 0.0734. The van der Waals surface area contributed by atoms with E-state index < -0.39 is 5.97 Å². The second kappa shape index (κ2) is 11.3. The van der Waals surface area contributed by atoms with Crippen LogP contribution in [0.4, 0.5) is 5.69 Å². The largest absolute Gasteiger partial charge is 0.494 e. The second-order valence-corrected chi connectivity index (χ2v) is 6.96. The minimum Gasteiger partial charge on any atom is -0.494 e. The predicted molar refractivity (Wildman–Crippen MR) is 121 cm³/mol. The molecule has 0 aliphatic rings. The Morgan fingerprint density at radius 3 is 2.26 bits per heavy atom. The summed E-state index contributed by atoms with van der Waals surface area (Å²) in [6.07, 6.45) is 5.03. The first kappa shape index (κ1) is 21.8. The zero-order chi connectivity index (χ0) is 21.9. The van der Waals surface area contributed by atoms with Crippen LogP contribution in [0.5, 0.6) is 11.5 Å². The zero-order valence-electron chi connectivity index (χ0n) is 17.5. The van der Waals surface area contributed by atoms with E-state index in [2.05, 4.69) is 18.0 Å². The van der Waals surface area contributed by atoms with Gasteiger partial charge in [0.05, 0.1) is 29.5 Å². The molecule has 31 heavy (non-hydrogen) atoms. The maximum atomic E-state index is 12.4. The van der Waals surface area contributed by atoms with Crippen molar-refractivity contribution in [1.82, 2.24) is 0 Å². The average Bonchev–Trinajstić information content (AvgIpc) is 2.82. The number of carbonyl (C=O) groups is 1. The number of benzene rings is 3. The molecule has 5 nitrogen and oxygen atoms in total. The Labute approximate surface area is 182 Å². The molecule has 0 atom stereocenters. The fourth-order valence-electron chi connectivity index (χ4n) is 2.79. The Hall–Kier alpha value is -3.91. The highest BCUT2D eigenvalue weighted by Crippen LogP contribution is 2.18. The van der Waals surface area contributed by atoms with Crippen LogP contribution in [-0.4, -0.2) is 18.8 Å². The van der Waals surface area contributed by atoms with Crippen molar-refractivity contribution < 1.29 is 14.3 Å². The summed E-state index contributed by atoms with van der Waals surface area (Å²) in [6.45, 7) is 2.83. The number of hydrogen-bond donors (Lipinski definition) is 0. The molecule has 3 aromatic carbocycles. The van der Waals surface area contributed by atoms with Crippen molar-refractivity contribution in [3.05, 3.63) is 89.5 Å². The third kappa shape index (κ3) is 6.83. The average molecular weight is 412 g/mol. The Morgan fingerprint density at radius 2 is 1.61 bits per heavy atom. The molecule has 0 saturated carbocycles. The van der Waals surface area contributed by atoms with E-state index in [9.17, 15) is 4.79 Å². The number of unbranched alkanes of at least 4 members (excludes halogenated alkanes) is 2. The van der Waals surface area contributed by atoms with Crippen LogP contribution < -0.4 is 9.47 Å². The molecule has 0 saturated heterocycles. The van der Waals surface area contributed by atoms with Crippen LogP contribution in [0.25, 0.3) is 0 Å². The van der Waals surface area contributed by atoms with Crippen LogP contribution in [0.1, 0.15) is 47.7 Å². The van der Waals surface area contributed by atoms with E-state index in [1.807, 2.05) is 12.1 Å². The van der Waals surface area contributed by atoms with E-state index >= 15 is 0 Å². The number of aliphatic imine (C=N–C) groups is 1. The molecular weight excluding hydrogens is 388 g/mol. The predicted octanol–water partition coefficient (Wildman–Crippen LogP) is 6.10. The molecule has 0 fully saturated rings. The third-order valence-electron chi connectivity index (χ3n) is 4.56. The number of nitrogens with zero attached hydrogens (tertiary/aromatic N) is 2. The fourth-order valence-corrected chi connectivity index (χ4v) is 2.79.